The normalized spacial score (nSPS) is 10.5. The predicted octanol–water partition coefficient (Wildman–Crippen LogP) is 2.31. The first-order valence-corrected chi connectivity index (χ1v) is 5.25. The second-order valence-corrected chi connectivity index (χ2v) is 4.12. The first kappa shape index (κ1) is 12.2. The van der Waals surface area contributed by atoms with Crippen molar-refractivity contribution < 1.29 is 14.6 Å². The Morgan fingerprint density at radius 2 is 2.07 bits per heavy atom. The molecule has 0 heterocycles. The maximum Gasteiger partial charge on any atom is 0.308 e. The molecular weight excluding hydrogens is 260 g/mol. The molecule has 0 aliphatic carbocycles. The van der Waals surface area contributed by atoms with Gasteiger partial charge in [-0.2, -0.15) is 0 Å². The van der Waals surface area contributed by atoms with Crippen LogP contribution in [0.25, 0.3) is 0 Å². The van der Waals surface area contributed by atoms with Gasteiger partial charge in [0.15, 0.2) is 0 Å². The lowest BCUT2D eigenvalue weighted by Crippen LogP contribution is -2.04. The van der Waals surface area contributed by atoms with Crippen LogP contribution in [-0.4, -0.2) is 17.7 Å². The number of rotatable bonds is 3. The van der Waals surface area contributed by atoms with E-state index in [0.29, 0.717) is 5.75 Å². The van der Waals surface area contributed by atoms with Gasteiger partial charge in [-0.25, -0.2) is 0 Å². The molecule has 0 spiro atoms. The Hall–Kier alpha value is -0.870. The number of ether oxygens (including phenoxy) is 1. The summed E-state index contributed by atoms with van der Waals surface area (Å²) >= 11 is 3.31. The zero-order valence-electron chi connectivity index (χ0n) is 8.58. The summed E-state index contributed by atoms with van der Waals surface area (Å²) in [7, 11) is 0. The highest BCUT2D eigenvalue weighted by atomic mass is 79.9. The van der Waals surface area contributed by atoms with Crippen molar-refractivity contribution in [2.45, 2.75) is 13.8 Å². The first-order chi connectivity index (χ1) is 7.02. The molecule has 0 fully saturated rings. The highest BCUT2D eigenvalue weighted by Gasteiger charge is 2.08. The average molecular weight is 272 g/mol. The molecule has 1 N–H and O–H groups in total. The molecule has 0 saturated carbocycles. The number of carbonyl (C=O) groups excluding carboxylic acids is 1. The van der Waals surface area contributed by atoms with Crippen LogP contribution in [0.4, 0.5) is 0 Å². The number of hydrogen-bond donors (Lipinski definition) is 1. The number of esters is 1. The quantitative estimate of drug-likeness (QED) is 0.678. The number of hydrogen-bond acceptors (Lipinski definition) is 3. The molecule has 0 unspecified atom stereocenters. The number of benzene rings is 1. The smallest absolute Gasteiger partial charge is 0.308 e. The van der Waals surface area contributed by atoms with Crippen LogP contribution in [0.2, 0.25) is 0 Å². The van der Waals surface area contributed by atoms with Gasteiger partial charge in [0.05, 0.1) is 6.61 Å². The second kappa shape index (κ2) is 5.28. The summed E-state index contributed by atoms with van der Waals surface area (Å²) in [4.78, 5) is 10.8. The predicted molar refractivity (Wildman–Crippen MR) is 60.6 cm³/mol. The summed E-state index contributed by atoms with van der Waals surface area (Å²) in [6.45, 7) is 3.15. The van der Waals surface area contributed by atoms with Gasteiger partial charge in [0.1, 0.15) is 5.75 Å². The van der Waals surface area contributed by atoms with Gasteiger partial charge in [-0.3, -0.25) is 4.79 Å². The van der Waals surface area contributed by atoms with Gasteiger partial charge in [0.2, 0.25) is 0 Å². The largest absolute Gasteiger partial charge is 0.427 e. The van der Waals surface area contributed by atoms with Gasteiger partial charge in [-0.1, -0.05) is 22.9 Å². The molecule has 15 heavy (non-hydrogen) atoms. The van der Waals surface area contributed by atoms with Gasteiger partial charge >= 0.3 is 5.97 Å². The molecule has 1 aromatic rings. The van der Waals surface area contributed by atoms with E-state index in [0.717, 1.165) is 16.0 Å². The van der Waals surface area contributed by atoms with Crippen LogP contribution in [0, 0.1) is 5.92 Å². The zero-order valence-corrected chi connectivity index (χ0v) is 10.2. The van der Waals surface area contributed by atoms with Crippen LogP contribution in [0.5, 0.6) is 5.75 Å². The molecule has 0 atom stereocenters. The highest BCUT2D eigenvalue weighted by molar-refractivity contribution is 9.10. The monoisotopic (exact) mass is 271 g/mol. The molecule has 0 bridgehead atoms. The summed E-state index contributed by atoms with van der Waals surface area (Å²) in [5.74, 6) is 0.935. The number of aliphatic hydroxyl groups is 1. The third kappa shape index (κ3) is 3.64. The highest BCUT2D eigenvalue weighted by Crippen LogP contribution is 2.25. The number of aliphatic hydroxyl groups excluding tert-OH is 1. The van der Waals surface area contributed by atoms with E-state index in [2.05, 4.69) is 15.9 Å². The Morgan fingerprint density at radius 3 is 2.60 bits per heavy atom. The van der Waals surface area contributed by atoms with Crippen molar-refractivity contribution in [3.8, 4) is 5.75 Å². The minimum Gasteiger partial charge on any atom is -0.427 e. The van der Waals surface area contributed by atoms with E-state index in [9.17, 15) is 4.79 Å². The molecule has 0 saturated heterocycles. The van der Waals surface area contributed by atoms with Crippen LogP contribution in [-0.2, 0) is 4.79 Å². The molecule has 1 aromatic carbocycles. The topological polar surface area (TPSA) is 46.5 Å². The lowest BCUT2D eigenvalue weighted by atomic mass is 10.0. The van der Waals surface area contributed by atoms with Crippen LogP contribution >= 0.6 is 15.9 Å². The van der Waals surface area contributed by atoms with E-state index < -0.39 is 0 Å². The summed E-state index contributed by atoms with van der Waals surface area (Å²) < 4.78 is 5.78. The molecule has 0 amide bonds. The van der Waals surface area contributed by atoms with E-state index in [1.165, 1.54) is 6.92 Å². The molecular formula is C11H12BrO3. The van der Waals surface area contributed by atoms with Crippen LogP contribution < -0.4 is 4.74 Å². The third-order valence-electron chi connectivity index (χ3n) is 1.86. The molecule has 0 aliphatic rings. The third-order valence-corrected chi connectivity index (χ3v) is 2.32. The fraction of sp³-hybridized carbons (Fsp3) is 0.273. The Morgan fingerprint density at radius 1 is 1.40 bits per heavy atom. The fourth-order valence-corrected chi connectivity index (χ4v) is 1.60. The molecule has 1 radical (unpaired) electrons. The lowest BCUT2D eigenvalue weighted by Gasteiger charge is -2.10. The van der Waals surface area contributed by atoms with Crippen molar-refractivity contribution in [3.05, 3.63) is 34.2 Å². The Kier molecular flexibility index (Phi) is 4.29. The van der Waals surface area contributed by atoms with Gasteiger partial charge in [-0.05, 0) is 23.8 Å². The maximum absolute atomic E-state index is 10.8. The lowest BCUT2D eigenvalue weighted by molar-refractivity contribution is -0.131. The minimum atomic E-state index is -0.360. The van der Waals surface area contributed by atoms with Crippen molar-refractivity contribution in [1.82, 2.24) is 0 Å². The van der Waals surface area contributed by atoms with E-state index in [1.807, 2.05) is 13.0 Å². The Labute approximate surface area is 97.2 Å². The van der Waals surface area contributed by atoms with Crippen LogP contribution in [0.1, 0.15) is 19.4 Å². The number of carbonyl (C=O) groups is 1. The first-order valence-electron chi connectivity index (χ1n) is 4.45. The second-order valence-electron chi connectivity index (χ2n) is 3.21. The van der Waals surface area contributed by atoms with E-state index in [-0.39, 0.29) is 12.6 Å². The van der Waals surface area contributed by atoms with E-state index >= 15 is 0 Å². The van der Waals surface area contributed by atoms with Crippen molar-refractivity contribution in [3.63, 3.8) is 0 Å². The SMILES string of the molecule is C[C](CO)c1cc(Br)cc(OC(C)=O)c1. The van der Waals surface area contributed by atoms with Gasteiger partial charge in [0, 0.05) is 17.3 Å². The van der Waals surface area contributed by atoms with Crippen molar-refractivity contribution in [2.24, 2.45) is 0 Å². The summed E-state index contributed by atoms with van der Waals surface area (Å²) in [6, 6.07) is 5.28. The minimum absolute atomic E-state index is 0.0179. The molecule has 81 valence electrons. The van der Waals surface area contributed by atoms with Crippen molar-refractivity contribution in [2.75, 3.05) is 6.61 Å². The Balaban J connectivity index is 2.99. The molecule has 4 heteroatoms. The molecule has 1 rings (SSSR count). The molecule has 0 aromatic heterocycles. The van der Waals surface area contributed by atoms with E-state index in [4.69, 9.17) is 9.84 Å². The fourth-order valence-electron chi connectivity index (χ4n) is 1.13. The van der Waals surface area contributed by atoms with Crippen LogP contribution in [0.3, 0.4) is 0 Å². The van der Waals surface area contributed by atoms with Crippen LogP contribution in [0.15, 0.2) is 22.7 Å². The average Bonchev–Trinajstić information content (AvgIpc) is 2.14. The van der Waals surface area contributed by atoms with Gasteiger partial charge in [-0.15, -0.1) is 0 Å². The summed E-state index contributed by atoms with van der Waals surface area (Å²) in [5, 5.41) is 8.99. The Bertz CT molecular complexity index is 363. The summed E-state index contributed by atoms with van der Waals surface area (Å²) in [5.41, 5.74) is 0.850. The van der Waals surface area contributed by atoms with Gasteiger partial charge < -0.3 is 9.84 Å². The summed E-state index contributed by atoms with van der Waals surface area (Å²) in [6.07, 6.45) is 0. The molecule has 0 aliphatic heterocycles. The standard InChI is InChI=1S/C11H12BrO3/c1-7(6-13)9-3-10(12)5-11(4-9)15-8(2)14/h3-5,13H,6H2,1-2H3. The van der Waals surface area contributed by atoms with Gasteiger partial charge in [0.25, 0.3) is 0 Å². The number of halogens is 1. The van der Waals surface area contributed by atoms with E-state index in [1.54, 1.807) is 12.1 Å². The maximum atomic E-state index is 10.8. The zero-order chi connectivity index (χ0) is 11.4. The van der Waals surface area contributed by atoms with Crippen molar-refractivity contribution in [1.29, 1.82) is 0 Å². The van der Waals surface area contributed by atoms with Crippen molar-refractivity contribution >= 4 is 21.9 Å². The molecule has 3 nitrogen and oxygen atoms in total.